The van der Waals surface area contributed by atoms with Gasteiger partial charge in [0.05, 0.1) is 13.2 Å². The van der Waals surface area contributed by atoms with Crippen molar-refractivity contribution in [3.8, 4) is 5.75 Å². The zero-order valence-corrected chi connectivity index (χ0v) is 18.9. The van der Waals surface area contributed by atoms with Gasteiger partial charge in [-0.25, -0.2) is 14.8 Å². The molecule has 162 valence electrons. The minimum absolute atomic E-state index is 0.0439. The van der Waals surface area contributed by atoms with E-state index in [0.717, 1.165) is 27.5 Å². The average Bonchev–Trinajstić information content (AvgIpc) is 2.77. The van der Waals surface area contributed by atoms with Gasteiger partial charge in [0.15, 0.2) is 5.16 Å². The quantitative estimate of drug-likeness (QED) is 0.510. The van der Waals surface area contributed by atoms with Gasteiger partial charge in [-0.3, -0.25) is 0 Å². The largest absolute Gasteiger partial charge is 0.497 e. The Bertz CT molecular complexity index is 997. The van der Waals surface area contributed by atoms with Crippen LogP contribution in [-0.4, -0.2) is 48.6 Å². The Morgan fingerprint density at radius 3 is 2.45 bits per heavy atom. The van der Waals surface area contributed by atoms with Crippen LogP contribution >= 0.6 is 11.8 Å². The minimum Gasteiger partial charge on any atom is -0.497 e. The number of carbonyl (C=O) groups excluding carboxylic acids is 1. The number of hydrogen-bond donors (Lipinski definition) is 2. The molecule has 0 radical (unpaired) electrons. The summed E-state index contributed by atoms with van der Waals surface area (Å²) >= 11 is 1.48. The van der Waals surface area contributed by atoms with Gasteiger partial charge in [-0.2, -0.15) is 0 Å². The molecule has 0 aliphatic heterocycles. The maximum atomic E-state index is 12.5. The van der Waals surface area contributed by atoms with Crippen molar-refractivity contribution in [3.05, 3.63) is 72.1 Å². The van der Waals surface area contributed by atoms with Crippen molar-refractivity contribution in [2.45, 2.75) is 23.0 Å². The van der Waals surface area contributed by atoms with Gasteiger partial charge in [0.2, 0.25) is 0 Å². The van der Waals surface area contributed by atoms with Gasteiger partial charge < -0.3 is 20.3 Å². The van der Waals surface area contributed by atoms with Gasteiger partial charge in [0.1, 0.15) is 5.75 Å². The van der Waals surface area contributed by atoms with Crippen molar-refractivity contribution in [1.82, 2.24) is 20.2 Å². The Labute approximate surface area is 187 Å². The first kappa shape index (κ1) is 22.6. The van der Waals surface area contributed by atoms with Crippen LogP contribution in [0.3, 0.4) is 0 Å². The summed E-state index contributed by atoms with van der Waals surface area (Å²) in [5, 5.41) is 6.60. The molecule has 1 atom stereocenters. The molecule has 1 heterocycles. The Kier molecular flexibility index (Phi) is 7.86. The first-order valence-corrected chi connectivity index (χ1v) is 10.7. The highest BCUT2D eigenvalue weighted by molar-refractivity contribution is 7.99. The molecule has 1 aromatic heterocycles. The van der Waals surface area contributed by atoms with Gasteiger partial charge in [-0.05, 0) is 80.3 Å². The number of likely N-dealkylation sites (N-methyl/N-ethyl adjacent to an activating group) is 1. The zero-order valence-electron chi connectivity index (χ0n) is 18.1. The van der Waals surface area contributed by atoms with Crippen LogP contribution in [0.2, 0.25) is 0 Å². The lowest BCUT2D eigenvalue weighted by Crippen LogP contribution is -2.37. The molecule has 3 aromatic rings. The summed E-state index contributed by atoms with van der Waals surface area (Å²) in [7, 11) is 5.63. The third-order valence-electron chi connectivity index (χ3n) is 4.78. The molecule has 0 aliphatic rings. The van der Waals surface area contributed by atoms with E-state index in [2.05, 4.69) is 25.5 Å². The van der Waals surface area contributed by atoms with E-state index in [0.29, 0.717) is 11.7 Å². The molecule has 1 unspecified atom stereocenters. The topological polar surface area (TPSA) is 79.4 Å². The number of methoxy groups -OCH3 is 1. The van der Waals surface area contributed by atoms with Crippen LogP contribution < -0.4 is 15.4 Å². The first-order chi connectivity index (χ1) is 15.0. The van der Waals surface area contributed by atoms with Crippen LogP contribution in [0.4, 0.5) is 10.5 Å². The van der Waals surface area contributed by atoms with Crippen LogP contribution in [-0.2, 0) is 0 Å². The summed E-state index contributed by atoms with van der Waals surface area (Å²) in [6.45, 7) is 2.44. The number of benzene rings is 2. The third kappa shape index (κ3) is 6.44. The maximum absolute atomic E-state index is 12.5. The van der Waals surface area contributed by atoms with Gasteiger partial charge in [0, 0.05) is 29.5 Å². The lowest BCUT2D eigenvalue weighted by atomic mass is 10.1. The Morgan fingerprint density at radius 2 is 1.84 bits per heavy atom. The highest BCUT2D eigenvalue weighted by Crippen LogP contribution is 2.28. The molecule has 0 bridgehead atoms. The summed E-state index contributed by atoms with van der Waals surface area (Å²) in [5.41, 5.74) is 2.84. The van der Waals surface area contributed by atoms with Crippen molar-refractivity contribution in [1.29, 1.82) is 0 Å². The van der Waals surface area contributed by atoms with Crippen LogP contribution in [0.1, 0.15) is 17.2 Å². The average molecular weight is 438 g/mol. The summed E-state index contributed by atoms with van der Waals surface area (Å²) in [6, 6.07) is 15.3. The number of nitrogens with one attached hydrogen (secondary N) is 2. The lowest BCUT2D eigenvalue weighted by Gasteiger charge is -2.25. The van der Waals surface area contributed by atoms with E-state index in [1.165, 1.54) is 11.8 Å². The highest BCUT2D eigenvalue weighted by atomic mass is 32.2. The molecule has 0 saturated carbocycles. The summed E-state index contributed by atoms with van der Waals surface area (Å²) in [4.78, 5) is 24.1. The monoisotopic (exact) mass is 437 g/mol. The first-order valence-electron chi connectivity index (χ1n) is 9.87. The molecule has 2 amide bonds. The Morgan fingerprint density at radius 1 is 1.13 bits per heavy atom. The number of urea groups is 1. The fourth-order valence-electron chi connectivity index (χ4n) is 3.06. The molecular weight excluding hydrogens is 410 g/mol. The van der Waals surface area contributed by atoms with Crippen molar-refractivity contribution >= 4 is 23.5 Å². The maximum Gasteiger partial charge on any atom is 0.319 e. The zero-order chi connectivity index (χ0) is 22.2. The number of aryl methyl sites for hydroxylation is 1. The summed E-state index contributed by atoms with van der Waals surface area (Å²) < 4.78 is 5.22. The number of anilines is 1. The van der Waals surface area contributed by atoms with Crippen LogP contribution in [0, 0.1) is 6.92 Å². The number of rotatable bonds is 8. The molecule has 0 saturated heterocycles. The van der Waals surface area contributed by atoms with E-state index in [9.17, 15) is 4.79 Å². The lowest BCUT2D eigenvalue weighted by molar-refractivity contribution is 0.243. The molecule has 0 spiro atoms. The van der Waals surface area contributed by atoms with E-state index in [4.69, 9.17) is 4.74 Å². The highest BCUT2D eigenvalue weighted by Gasteiger charge is 2.16. The van der Waals surface area contributed by atoms with Crippen molar-refractivity contribution < 1.29 is 9.53 Å². The predicted octanol–water partition coefficient (Wildman–Crippen LogP) is 4.37. The minimum atomic E-state index is -0.241. The molecule has 0 aliphatic carbocycles. The van der Waals surface area contributed by atoms with Gasteiger partial charge in [0.25, 0.3) is 0 Å². The number of hydrogen-bond acceptors (Lipinski definition) is 6. The van der Waals surface area contributed by atoms with E-state index in [-0.39, 0.29) is 12.1 Å². The molecule has 0 fully saturated rings. The van der Waals surface area contributed by atoms with Crippen LogP contribution in [0.25, 0.3) is 0 Å². The van der Waals surface area contributed by atoms with E-state index >= 15 is 0 Å². The van der Waals surface area contributed by atoms with Crippen LogP contribution in [0.5, 0.6) is 5.75 Å². The smallest absolute Gasteiger partial charge is 0.319 e. The van der Waals surface area contributed by atoms with Crippen molar-refractivity contribution in [2.24, 2.45) is 0 Å². The SMILES string of the molecule is COc1ccc(C(CNC(=O)Nc2ccc(Sc3ncccn3)cc2C)N(C)C)cc1. The number of ether oxygens (including phenoxy) is 1. The number of amides is 2. The normalized spacial score (nSPS) is 11.8. The fourth-order valence-corrected chi connectivity index (χ4v) is 3.87. The molecular formula is C23H27N5O2S. The van der Waals surface area contributed by atoms with Crippen molar-refractivity contribution in [2.75, 3.05) is 33.1 Å². The Hall–Kier alpha value is -3.10. The number of aromatic nitrogens is 2. The molecule has 8 heteroatoms. The van der Waals surface area contributed by atoms with E-state index in [1.54, 1.807) is 25.6 Å². The van der Waals surface area contributed by atoms with Gasteiger partial charge in [-0.1, -0.05) is 12.1 Å². The fraction of sp³-hybridized carbons (Fsp3) is 0.261. The van der Waals surface area contributed by atoms with E-state index in [1.807, 2.05) is 63.5 Å². The second-order valence-electron chi connectivity index (χ2n) is 7.20. The standard InChI is InChI=1S/C23H27N5O2S/c1-16-14-19(31-23-24-12-5-13-25-23)10-11-20(16)27-22(29)26-15-21(28(2)3)17-6-8-18(30-4)9-7-17/h5-14,21H,15H2,1-4H3,(H2,26,27,29). The summed E-state index contributed by atoms with van der Waals surface area (Å²) in [5.74, 6) is 0.808. The molecule has 7 nitrogen and oxygen atoms in total. The molecule has 2 N–H and O–H groups in total. The van der Waals surface area contributed by atoms with Gasteiger partial charge in [-0.15, -0.1) is 0 Å². The van der Waals surface area contributed by atoms with Gasteiger partial charge >= 0.3 is 6.03 Å². The summed E-state index contributed by atoms with van der Waals surface area (Å²) in [6.07, 6.45) is 3.44. The third-order valence-corrected chi connectivity index (χ3v) is 5.66. The molecule has 31 heavy (non-hydrogen) atoms. The number of nitrogens with zero attached hydrogens (tertiary/aromatic N) is 3. The second kappa shape index (κ2) is 10.8. The number of carbonyl (C=O) groups is 1. The molecule has 2 aromatic carbocycles. The van der Waals surface area contributed by atoms with E-state index < -0.39 is 0 Å². The van der Waals surface area contributed by atoms with Crippen molar-refractivity contribution in [3.63, 3.8) is 0 Å². The second-order valence-corrected chi connectivity index (χ2v) is 8.24. The predicted molar refractivity (Wildman–Crippen MR) is 124 cm³/mol. The Balaban J connectivity index is 1.58. The molecule has 3 rings (SSSR count). The van der Waals surface area contributed by atoms with Crippen LogP contribution in [0.15, 0.2) is 71.0 Å².